The van der Waals surface area contributed by atoms with Crippen molar-refractivity contribution in [1.29, 1.82) is 0 Å². The summed E-state index contributed by atoms with van der Waals surface area (Å²) < 4.78 is 6.02. The molecule has 3 aromatic rings. The fraction of sp³-hybridized carbons (Fsp3) is 0.438. The highest BCUT2D eigenvalue weighted by atomic mass is 32.1. The molecule has 2 aromatic carbocycles. The molecule has 0 saturated carbocycles. The lowest BCUT2D eigenvalue weighted by Crippen LogP contribution is -2.34. The van der Waals surface area contributed by atoms with Crippen LogP contribution < -0.4 is 15.8 Å². The van der Waals surface area contributed by atoms with Gasteiger partial charge in [-0.15, -0.1) is 0 Å². The lowest BCUT2D eigenvalue weighted by atomic mass is 9.83. The van der Waals surface area contributed by atoms with Gasteiger partial charge in [-0.1, -0.05) is 35.6 Å². The third kappa shape index (κ3) is 7.04. The molecule has 4 N–H and O–H groups in total. The predicted molar refractivity (Wildman–Crippen MR) is 159 cm³/mol. The number of fused-ring (bicyclic) bond motifs is 1. The number of hydrogen-bond acceptors (Lipinski definition) is 6. The summed E-state index contributed by atoms with van der Waals surface area (Å²) in [4.78, 5) is 27.5. The van der Waals surface area contributed by atoms with Crippen molar-refractivity contribution in [3.05, 3.63) is 70.8 Å². The maximum Gasteiger partial charge on any atom is 0.255 e. The Bertz CT molecular complexity index is 1310. The van der Waals surface area contributed by atoms with Gasteiger partial charge in [0, 0.05) is 17.0 Å². The summed E-state index contributed by atoms with van der Waals surface area (Å²) in [5.74, 6) is 0.869. The minimum Gasteiger partial charge on any atom is -0.499 e. The molecule has 7 nitrogen and oxygen atoms in total. The van der Waals surface area contributed by atoms with E-state index in [1.807, 2.05) is 30.3 Å². The first kappa shape index (κ1) is 28.2. The van der Waals surface area contributed by atoms with Crippen molar-refractivity contribution in [2.45, 2.75) is 57.3 Å². The molecule has 2 aliphatic rings. The maximum absolute atomic E-state index is 12.5. The summed E-state index contributed by atoms with van der Waals surface area (Å²) in [6.07, 6.45) is 8.59. The first-order chi connectivity index (χ1) is 19.5. The normalized spacial score (nSPS) is 15.9. The summed E-state index contributed by atoms with van der Waals surface area (Å²) in [6, 6.07) is 15.6. The average molecular weight is 562 g/mol. The molecule has 1 fully saturated rings. The number of amides is 2. The Kier molecular flexibility index (Phi) is 9.39. The molecule has 0 radical (unpaired) electrons. The van der Waals surface area contributed by atoms with Crippen molar-refractivity contribution in [3.63, 3.8) is 0 Å². The molecule has 1 saturated heterocycles. The molecule has 8 heteroatoms. The van der Waals surface area contributed by atoms with Crippen molar-refractivity contribution >= 4 is 23.2 Å². The van der Waals surface area contributed by atoms with Crippen LogP contribution >= 0.6 is 11.3 Å². The SMILES string of the molecule is NC(=O)COc1c(C2CCN(CCCCNC(=O)c3ccc(-c4ccc(O)s4)cc3)CC2)ccc2c1CCCC2. The first-order valence-corrected chi connectivity index (χ1v) is 15.2. The monoisotopic (exact) mass is 561 g/mol. The first-order valence-electron chi connectivity index (χ1n) is 14.4. The van der Waals surface area contributed by atoms with Crippen molar-refractivity contribution in [2.24, 2.45) is 5.73 Å². The van der Waals surface area contributed by atoms with Crippen LogP contribution in [0.4, 0.5) is 0 Å². The average Bonchev–Trinajstić information content (AvgIpc) is 3.42. The van der Waals surface area contributed by atoms with E-state index >= 15 is 0 Å². The number of primary amides is 1. The molecule has 2 amide bonds. The van der Waals surface area contributed by atoms with Gasteiger partial charge in [0.2, 0.25) is 0 Å². The molecule has 40 heavy (non-hydrogen) atoms. The molecule has 0 spiro atoms. The molecule has 0 atom stereocenters. The number of aromatic hydroxyl groups is 1. The molecule has 1 aliphatic carbocycles. The van der Waals surface area contributed by atoms with Crippen LogP contribution in [0.15, 0.2) is 48.5 Å². The van der Waals surface area contributed by atoms with Crippen LogP contribution in [0.25, 0.3) is 10.4 Å². The number of likely N-dealkylation sites (tertiary alicyclic amines) is 1. The fourth-order valence-electron chi connectivity index (χ4n) is 5.95. The Morgan fingerprint density at radius 3 is 2.50 bits per heavy atom. The Morgan fingerprint density at radius 1 is 1.00 bits per heavy atom. The summed E-state index contributed by atoms with van der Waals surface area (Å²) in [5, 5.41) is 12.9. The van der Waals surface area contributed by atoms with Crippen LogP contribution in [-0.4, -0.2) is 54.6 Å². The van der Waals surface area contributed by atoms with E-state index in [9.17, 15) is 14.7 Å². The van der Waals surface area contributed by atoms with Crippen LogP contribution in [0.2, 0.25) is 0 Å². The number of rotatable bonds is 11. The van der Waals surface area contributed by atoms with Crippen LogP contribution in [0.5, 0.6) is 10.8 Å². The number of aryl methyl sites for hydroxylation is 1. The van der Waals surface area contributed by atoms with Gasteiger partial charge in [-0.25, -0.2) is 0 Å². The van der Waals surface area contributed by atoms with E-state index in [0.29, 0.717) is 18.0 Å². The Morgan fingerprint density at radius 2 is 1.77 bits per heavy atom. The number of carbonyl (C=O) groups excluding carboxylic acids is 2. The Labute approximate surface area is 240 Å². The smallest absolute Gasteiger partial charge is 0.255 e. The highest BCUT2D eigenvalue weighted by molar-refractivity contribution is 7.17. The molecule has 0 bridgehead atoms. The molecule has 2 heterocycles. The van der Waals surface area contributed by atoms with Crippen molar-refractivity contribution in [3.8, 4) is 21.3 Å². The molecule has 5 rings (SSSR count). The van der Waals surface area contributed by atoms with Gasteiger partial charge < -0.3 is 25.8 Å². The zero-order chi connectivity index (χ0) is 27.9. The van der Waals surface area contributed by atoms with E-state index in [2.05, 4.69) is 22.3 Å². The van der Waals surface area contributed by atoms with Crippen LogP contribution in [-0.2, 0) is 17.6 Å². The molecule has 1 aliphatic heterocycles. The topological polar surface area (TPSA) is 105 Å². The van der Waals surface area contributed by atoms with Gasteiger partial charge in [0.05, 0.1) is 0 Å². The second-order valence-electron chi connectivity index (χ2n) is 10.9. The van der Waals surface area contributed by atoms with Gasteiger partial charge in [0.1, 0.15) is 5.75 Å². The van der Waals surface area contributed by atoms with Gasteiger partial charge >= 0.3 is 0 Å². The number of carbonyl (C=O) groups is 2. The van der Waals surface area contributed by atoms with Crippen molar-refractivity contribution in [2.75, 3.05) is 32.8 Å². The fourth-order valence-corrected chi connectivity index (χ4v) is 6.70. The third-order valence-corrected chi connectivity index (χ3v) is 9.04. The predicted octanol–water partition coefficient (Wildman–Crippen LogP) is 5.25. The molecule has 1 aromatic heterocycles. The van der Waals surface area contributed by atoms with Crippen LogP contribution in [0.3, 0.4) is 0 Å². The van der Waals surface area contributed by atoms with E-state index < -0.39 is 5.91 Å². The lowest BCUT2D eigenvalue weighted by molar-refractivity contribution is -0.120. The zero-order valence-electron chi connectivity index (χ0n) is 23.0. The van der Waals surface area contributed by atoms with E-state index in [4.69, 9.17) is 10.5 Å². The van der Waals surface area contributed by atoms with Crippen LogP contribution in [0.1, 0.15) is 71.5 Å². The molecule has 0 unspecified atom stereocenters. The minimum absolute atomic E-state index is 0.0548. The number of ether oxygens (including phenoxy) is 1. The summed E-state index contributed by atoms with van der Waals surface area (Å²) in [7, 11) is 0. The number of hydrogen-bond donors (Lipinski definition) is 3. The lowest BCUT2D eigenvalue weighted by Gasteiger charge is -2.34. The highest BCUT2D eigenvalue weighted by Gasteiger charge is 2.26. The summed E-state index contributed by atoms with van der Waals surface area (Å²) in [6.45, 7) is 3.70. The largest absolute Gasteiger partial charge is 0.499 e. The van der Waals surface area contributed by atoms with E-state index in [1.165, 1.54) is 34.4 Å². The van der Waals surface area contributed by atoms with Gasteiger partial charge in [-0.05, 0) is 123 Å². The van der Waals surface area contributed by atoms with E-state index in [-0.39, 0.29) is 17.6 Å². The number of benzene rings is 2. The summed E-state index contributed by atoms with van der Waals surface area (Å²) >= 11 is 1.32. The maximum atomic E-state index is 12.5. The van der Waals surface area contributed by atoms with Crippen molar-refractivity contribution in [1.82, 2.24) is 10.2 Å². The Balaban J connectivity index is 1.05. The molecular formula is C32H39N3O4S. The van der Waals surface area contributed by atoms with E-state index in [1.54, 1.807) is 6.07 Å². The number of unbranched alkanes of at least 4 members (excludes halogenated alkanes) is 1. The number of nitrogens with two attached hydrogens (primary N) is 1. The second kappa shape index (κ2) is 13.3. The number of piperidine rings is 1. The summed E-state index contributed by atoms with van der Waals surface area (Å²) in [5.41, 5.74) is 10.9. The van der Waals surface area contributed by atoms with Crippen LogP contribution in [0, 0.1) is 0 Å². The quantitative estimate of drug-likeness (QED) is 0.277. The van der Waals surface area contributed by atoms with Gasteiger partial charge in [-0.3, -0.25) is 9.59 Å². The third-order valence-electron chi connectivity index (χ3n) is 8.11. The Hall–Kier alpha value is -3.36. The number of thiophene rings is 1. The van der Waals surface area contributed by atoms with Crippen molar-refractivity contribution < 1.29 is 19.4 Å². The van der Waals surface area contributed by atoms with E-state index in [0.717, 1.165) is 80.8 Å². The minimum atomic E-state index is -0.431. The number of nitrogens with zero attached hydrogens (tertiary/aromatic N) is 1. The highest BCUT2D eigenvalue weighted by Crippen LogP contribution is 2.40. The van der Waals surface area contributed by atoms with Gasteiger partial charge in [0.15, 0.2) is 11.7 Å². The standard InChI is InChI=1S/C32H39N3O4S/c33-29(36)21-39-31-26-6-2-1-5-22(26)11-12-27(31)23-15-19-35(20-16-23)18-4-3-17-34-32(38)25-9-7-24(8-10-25)28-13-14-30(37)40-28/h7-14,23,37H,1-6,15-21H2,(H2,33,36)(H,34,38). The number of nitrogens with one attached hydrogen (secondary N) is 1. The second-order valence-corrected chi connectivity index (χ2v) is 11.9. The molecule has 212 valence electrons. The van der Waals surface area contributed by atoms with Gasteiger partial charge in [0.25, 0.3) is 11.8 Å². The van der Waals surface area contributed by atoms with Gasteiger partial charge in [-0.2, -0.15) is 0 Å². The zero-order valence-corrected chi connectivity index (χ0v) is 23.8. The molecular weight excluding hydrogens is 522 g/mol.